The van der Waals surface area contributed by atoms with Crippen molar-refractivity contribution in [2.24, 2.45) is 0 Å². The molecule has 2 aliphatic rings. The van der Waals surface area contributed by atoms with Crippen LogP contribution in [-0.4, -0.2) is 42.3 Å². The summed E-state index contributed by atoms with van der Waals surface area (Å²) in [4.78, 5) is 10.8. The summed E-state index contributed by atoms with van der Waals surface area (Å²) in [5, 5.41) is 3.67. The number of ether oxygens (including phenoxy) is 2. The Hall–Kier alpha value is -2.54. The molecule has 7 nitrogen and oxygen atoms in total. The smallest absolute Gasteiger partial charge is 0.222 e. The molecule has 1 fully saturated rings. The number of fused-ring (bicyclic) bond motifs is 1. The molecule has 2 aliphatic heterocycles. The fourth-order valence-electron chi connectivity index (χ4n) is 3.63. The summed E-state index contributed by atoms with van der Waals surface area (Å²) in [6, 6.07) is 8.72. The van der Waals surface area contributed by atoms with Crippen LogP contribution in [0.4, 0.5) is 11.8 Å². The molecule has 0 saturated carbocycles. The van der Waals surface area contributed by atoms with E-state index in [2.05, 4.69) is 32.3 Å². The van der Waals surface area contributed by atoms with Crippen LogP contribution in [0.3, 0.4) is 0 Å². The molecule has 0 spiro atoms. The molecule has 1 saturated heterocycles. The molecule has 0 atom stereocenters. The molecule has 0 amide bonds. The maximum absolute atomic E-state index is 5.78. The normalized spacial score (nSPS) is 17.6. The van der Waals surface area contributed by atoms with Gasteiger partial charge in [0, 0.05) is 43.9 Å². The number of nitrogens with two attached hydrogens (primary N) is 1. The minimum absolute atomic E-state index is 0.347. The Kier molecular flexibility index (Phi) is 5.29. The summed E-state index contributed by atoms with van der Waals surface area (Å²) in [5.41, 5.74) is 7.92. The number of hydrogen-bond donors (Lipinski definition) is 2. The first-order valence-electron chi connectivity index (χ1n) is 9.65. The van der Waals surface area contributed by atoms with E-state index in [0.717, 1.165) is 75.1 Å². The molecule has 3 heterocycles. The summed E-state index contributed by atoms with van der Waals surface area (Å²) in [6.07, 6.45) is 3.08. The first-order valence-corrected chi connectivity index (χ1v) is 9.65. The van der Waals surface area contributed by atoms with E-state index < -0.39 is 0 Å². The maximum atomic E-state index is 5.78. The number of nitrogen functional groups attached to an aromatic ring is 1. The van der Waals surface area contributed by atoms with Crippen LogP contribution in [0.1, 0.15) is 30.5 Å². The van der Waals surface area contributed by atoms with Gasteiger partial charge in [0.15, 0.2) is 11.5 Å². The average molecular weight is 369 g/mol. The minimum Gasteiger partial charge on any atom is -0.490 e. The van der Waals surface area contributed by atoms with Gasteiger partial charge in [-0.2, -0.15) is 4.98 Å². The molecule has 2 aromatic rings. The van der Waals surface area contributed by atoms with Gasteiger partial charge in [0.05, 0.1) is 13.2 Å². The standard InChI is InChI=1S/C20H27N5O2/c1-14-11-19(24-20(21)23-14)25-7-5-16(6-8-25)22-13-15-3-4-17-18(12-15)27-10-2-9-26-17/h3-4,11-12,16,22H,2,5-10,13H2,1H3,(H2,21,23,24). The van der Waals surface area contributed by atoms with Crippen LogP contribution in [0.2, 0.25) is 0 Å². The monoisotopic (exact) mass is 369 g/mol. The van der Waals surface area contributed by atoms with Gasteiger partial charge in [-0.1, -0.05) is 6.07 Å². The predicted molar refractivity (Wildman–Crippen MR) is 105 cm³/mol. The molecular weight excluding hydrogens is 342 g/mol. The van der Waals surface area contributed by atoms with Gasteiger partial charge in [-0.05, 0) is 37.5 Å². The van der Waals surface area contributed by atoms with Crippen LogP contribution < -0.4 is 25.4 Å². The van der Waals surface area contributed by atoms with Crippen molar-refractivity contribution in [3.8, 4) is 11.5 Å². The maximum Gasteiger partial charge on any atom is 0.222 e. The van der Waals surface area contributed by atoms with E-state index in [9.17, 15) is 0 Å². The largest absolute Gasteiger partial charge is 0.490 e. The van der Waals surface area contributed by atoms with Gasteiger partial charge >= 0.3 is 0 Å². The first-order chi connectivity index (χ1) is 13.2. The van der Waals surface area contributed by atoms with E-state index >= 15 is 0 Å². The molecule has 0 aliphatic carbocycles. The number of aromatic nitrogens is 2. The van der Waals surface area contributed by atoms with Crippen LogP contribution >= 0.6 is 0 Å². The van der Waals surface area contributed by atoms with E-state index in [4.69, 9.17) is 15.2 Å². The van der Waals surface area contributed by atoms with Crippen LogP contribution in [-0.2, 0) is 6.54 Å². The van der Waals surface area contributed by atoms with Crippen molar-refractivity contribution < 1.29 is 9.47 Å². The van der Waals surface area contributed by atoms with Crippen LogP contribution in [0.25, 0.3) is 0 Å². The molecule has 3 N–H and O–H groups in total. The lowest BCUT2D eigenvalue weighted by Crippen LogP contribution is -2.42. The average Bonchev–Trinajstić information content (AvgIpc) is 2.91. The number of nitrogens with zero attached hydrogens (tertiary/aromatic N) is 3. The zero-order valence-corrected chi connectivity index (χ0v) is 15.8. The van der Waals surface area contributed by atoms with Crippen LogP contribution in [0.5, 0.6) is 11.5 Å². The summed E-state index contributed by atoms with van der Waals surface area (Å²) in [7, 11) is 0. The van der Waals surface area contributed by atoms with Gasteiger partial charge in [0.25, 0.3) is 0 Å². The number of rotatable bonds is 4. The number of piperidine rings is 1. The van der Waals surface area contributed by atoms with Crippen molar-refractivity contribution >= 4 is 11.8 Å². The number of aryl methyl sites for hydroxylation is 1. The van der Waals surface area contributed by atoms with Crippen molar-refractivity contribution in [2.75, 3.05) is 36.9 Å². The quantitative estimate of drug-likeness (QED) is 0.855. The van der Waals surface area contributed by atoms with E-state index in [1.165, 1.54) is 5.56 Å². The third-order valence-corrected chi connectivity index (χ3v) is 5.08. The summed E-state index contributed by atoms with van der Waals surface area (Å²) in [6.45, 7) is 6.16. The van der Waals surface area contributed by atoms with E-state index in [1.807, 2.05) is 19.1 Å². The highest BCUT2D eigenvalue weighted by Gasteiger charge is 2.20. The molecule has 4 rings (SSSR count). The van der Waals surface area contributed by atoms with Gasteiger partial charge in [-0.3, -0.25) is 0 Å². The molecule has 144 valence electrons. The predicted octanol–water partition coefficient (Wildman–Crippen LogP) is 2.29. The second kappa shape index (κ2) is 8.00. The molecule has 1 aromatic carbocycles. The summed E-state index contributed by atoms with van der Waals surface area (Å²) < 4.78 is 11.5. The lowest BCUT2D eigenvalue weighted by molar-refractivity contribution is 0.297. The lowest BCUT2D eigenvalue weighted by Gasteiger charge is -2.33. The Morgan fingerprint density at radius 3 is 2.67 bits per heavy atom. The lowest BCUT2D eigenvalue weighted by atomic mass is 10.0. The zero-order chi connectivity index (χ0) is 18.6. The summed E-state index contributed by atoms with van der Waals surface area (Å²) in [5.74, 6) is 2.99. The molecule has 0 bridgehead atoms. The molecular formula is C20H27N5O2. The van der Waals surface area contributed by atoms with Gasteiger partial charge < -0.3 is 25.4 Å². The van der Waals surface area contributed by atoms with Crippen molar-refractivity contribution in [1.82, 2.24) is 15.3 Å². The third-order valence-electron chi connectivity index (χ3n) is 5.08. The van der Waals surface area contributed by atoms with Gasteiger partial charge in [0.1, 0.15) is 5.82 Å². The molecule has 7 heteroatoms. The highest BCUT2D eigenvalue weighted by Crippen LogP contribution is 2.30. The van der Waals surface area contributed by atoms with Gasteiger partial charge in [0.2, 0.25) is 5.95 Å². The Labute approximate surface area is 159 Å². The highest BCUT2D eigenvalue weighted by molar-refractivity contribution is 5.44. The molecule has 1 aromatic heterocycles. The fourth-order valence-corrected chi connectivity index (χ4v) is 3.63. The van der Waals surface area contributed by atoms with E-state index in [0.29, 0.717) is 12.0 Å². The number of benzene rings is 1. The van der Waals surface area contributed by atoms with Gasteiger partial charge in [-0.25, -0.2) is 4.98 Å². The zero-order valence-electron chi connectivity index (χ0n) is 15.8. The summed E-state index contributed by atoms with van der Waals surface area (Å²) >= 11 is 0. The van der Waals surface area contributed by atoms with Crippen LogP contribution in [0, 0.1) is 6.92 Å². The van der Waals surface area contributed by atoms with Crippen molar-refractivity contribution in [1.29, 1.82) is 0 Å². The van der Waals surface area contributed by atoms with Crippen molar-refractivity contribution in [2.45, 2.75) is 38.8 Å². The Morgan fingerprint density at radius 2 is 1.89 bits per heavy atom. The number of nitrogens with one attached hydrogen (secondary N) is 1. The number of anilines is 2. The second-order valence-corrected chi connectivity index (χ2v) is 7.20. The topological polar surface area (TPSA) is 85.5 Å². The Bertz CT molecular complexity index is 770. The second-order valence-electron chi connectivity index (χ2n) is 7.20. The van der Waals surface area contributed by atoms with E-state index in [1.54, 1.807) is 0 Å². The number of hydrogen-bond acceptors (Lipinski definition) is 7. The Morgan fingerprint density at radius 1 is 1.11 bits per heavy atom. The molecule has 0 unspecified atom stereocenters. The fraction of sp³-hybridized carbons (Fsp3) is 0.500. The third kappa shape index (κ3) is 4.42. The Balaban J connectivity index is 1.30. The molecule has 27 heavy (non-hydrogen) atoms. The van der Waals surface area contributed by atoms with Crippen molar-refractivity contribution in [3.63, 3.8) is 0 Å². The first kappa shape index (κ1) is 17.9. The highest BCUT2D eigenvalue weighted by atomic mass is 16.5. The van der Waals surface area contributed by atoms with E-state index in [-0.39, 0.29) is 0 Å². The van der Waals surface area contributed by atoms with Crippen LogP contribution in [0.15, 0.2) is 24.3 Å². The van der Waals surface area contributed by atoms with Gasteiger partial charge in [-0.15, -0.1) is 0 Å². The SMILES string of the molecule is Cc1cc(N2CCC(NCc3ccc4c(c3)OCCCO4)CC2)nc(N)n1. The minimum atomic E-state index is 0.347. The molecule has 0 radical (unpaired) electrons. The van der Waals surface area contributed by atoms with Crippen molar-refractivity contribution in [3.05, 3.63) is 35.5 Å².